The molecular formula is C20H26N4O4S. The van der Waals surface area contributed by atoms with Gasteiger partial charge in [0.1, 0.15) is 5.69 Å². The molecule has 0 unspecified atom stereocenters. The second-order valence-corrected chi connectivity index (χ2v) is 9.40. The number of hydrogen-bond donors (Lipinski definition) is 0. The van der Waals surface area contributed by atoms with E-state index in [1.165, 1.54) is 16.8 Å². The maximum atomic E-state index is 12.8. The average molecular weight is 419 g/mol. The first kappa shape index (κ1) is 21.0. The maximum Gasteiger partial charge on any atom is 0.272 e. The summed E-state index contributed by atoms with van der Waals surface area (Å²) in [5.74, 6) is -0.565. The standard InChI is InChI=1S/C20H26N4O4S/c1-15-16(2)24(20(26)18-9-11-21-22(18)3)13-12-23(15)19(25)10-14-29(27,28)17-7-5-4-6-8-17/h4-9,11,15-16H,10,12-14H2,1-3H3/t15-,16-/m1/s1. The number of aromatic nitrogens is 2. The lowest BCUT2D eigenvalue weighted by Crippen LogP contribution is -2.60. The van der Waals surface area contributed by atoms with Gasteiger partial charge in [-0.1, -0.05) is 18.2 Å². The molecule has 2 amide bonds. The van der Waals surface area contributed by atoms with Crippen molar-refractivity contribution in [2.75, 3.05) is 18.8 Å². The van der Waals surface area contributed by atoms with Crippen molar-refractivity contribution < 1.29 is 18.0 Å². The fraction of sp³-hybridized carbons (Fsp3) is 0.450. The molecule has 1 saturated heterocycles. The van der Waals surface area contributed by atoms with E-state index in [1.807, 2.05) is 13.8 Å². The van der Waals surface area contributed by atoms with Crippen molar-refractivity contribution >= 4 is 21.7 Å². The molecule has 1 aromatic heterocycles. The van der Waals surface area contributed by atoms with Crippen molar-refractivity contribution in [2.24, 2.45) is 7.05 Å². The zero-order chi connectivity index (χ0) is 21.2. The number of carbonyl (C=O) groups excluding carboxylic acids is 2. The predicted molar refractivity (Wildman–Crippen MR) is 108 cm³/mol. The average Bonchev–Trinajstić information content (AvgIpc) is 3.14. The van der Waals surface area contributed by atoms with E-state index in [0.29, 0.717) is 18.8 Å². The number of rotatable bonds is 5. The Morgan fingerprint density at radius 1 is 1.03 bits per heavy atom. The Hall–Kier alpha value is -2.68. The van der Waals surface area contributed by atoms with Gasteiger partial charge in [-0.3, -0.25) is 14.3 Å². The SMILES string of the molecule is C[C@@H]1[C@@H](C)N(C(=O)c2ccnn2C)CCN1C(=O)CCS(=O)(=O)c1ccccc1. The molecule has 0 spiro atoms. The number of amides is 2. The van der Waals surface area contributed by atoms with Crippen molar-refractivity contribution in [3.63, 3.8) is 0 Å². The van der Waals surface area contributed by atoms with Crippen LogP contribution in [0.5, 0.6) is 0 Å². The monoisotopic (exact) mass is 418 g/mol. The highest BCUT2D eigenvalue weighted by Gasteiger charge is 2.36. The number of piperazine rings is 1. The van der Waals surface area contributed by atoms with Gasteiger partial charge in [0.05, 0.1) is 10.6 Å². The van der Waals surface area contributed by atoms with Crippen molar-refractivity contribution in [3.05, 3.63) is 48.3 Å². The van der Waals surface area contributed by atoms with Gasteiger partial charge in [-0.2, -0.15) is 5.10 Å². The van der Waals surface area contributed by atoms with Crippen LogP contribution in [0.2, 0.25) is 0 Å². The summed E-state index contributed by atoms with van der Waals surface area (Å²) in [5.41, 5.74) is 0.498. The lowest BCUT2D eigenvalue weighted by molar-refractivity contribution is -0.136. The Kier molecular flexibility index (Phi) is 6.07. The number of aryl methyl sites for hydroxylation is 1. The van der Waals surface area contributed by atoms with Crippen molar-refractivity contribution in [1.29, 1.82) is 0 Å². The summed E-state index contributed by atoms with van der Waals surface area (Å²) < 4.78 is 26.4. The fourth-order valence-electron chi connectivity index (χ4n) is 3.62. The second-order valence-electron chi connectivity index (χ2n) is 7.29. The van der Waals surface area contributed by atoms with E-state index in [4.69, 9.17) is 0 Å². The largest absolute Gasteiger partial charge is 0.336 e. The second kappa shape index (κ2) is 8.36. The quantitative estimate of drug-likeness (QED) is 0.731. The van der Waals surface area contributed by atoms with E-state index in [1.54, 1.807) is 47.3 Å². The van der Waals surface area contributed by atoms with Crippen LogP contribution in [-0.2, 0) is 21.7 Å². The Labute approximate surface area is 171 Å². The van der Waals surface area contributed by atoms with Crippen LogP contribution in [0.1, 0.15) is 30.8 Å². The third-order valence-corrected chi connectivity index (χ3v) is 7.30. The summed E-state index contributed by atoms with van der Waals surface area (Å²) in [6.45, 7) is 4.56. The smallest absolute Gasteiger partial charge is 0.272 e. The first-order valence-electron chi connectivity index (χ1n) is 9.58. The van der Waals surface area contributed by atoms with Gasteiger partial charge in [0, 0.05) is 44.8 Å². The predicted octanol–water partition coefficient (Wildman–Crippen LogP) is 1.35. The van der Waals surface area contributed by atoms with Crippen molar-refractivity contribution in [2.45, 2.75) is 37.2 Å². The van der Waals surface area contributed by atoms with Crippen LogP contribution in [-0.4, -0.2) is 70.7 Å². The van der Waals surface area contributed by atoms with Crippen LogP contribution in [0.15, 0.2) is 47.5 Å². The van der Waals surface area contributed by atoms with Gasteiger partial charge in [0.25, 0.3) is 5.91 Å². The summed E-state index contributed by atoms with van der Waals surface area (Å²) in [5, 5.41) is 4.04. The molecule has 0 N–H and O–H groups in total. The lowest BCUT2D eigenvalue weighted by atomic mass is 10.0. The topological polar surface area (TPSA) is 92.6 Å². The molecule has 3 rings (SSSR count). The molecule has 1 aromatic carbocycles. The zero-order valence-electron chi connectivity index (χ0n) is 16.9. The summed E-state index contributed by atoms with van der Waals surface area (Å²) in [4.78, 5) is 29.2. The fourth-order valence-corrected chi connectivity index (χ4v) is 4.87. The van der Waals surface area contributed by atoms with Crippen LogP contribution in [0.25, 0.3) is 0 Å². The molecule has 8 nitrogen and oxygen atoms in total. The molecule has 2 aromatic rings. The van der Waals surface area contributed by atoms with Crippen LogP contribution >= 0.6 is 0 Å². The van der Waals surface area contributed by atoms with E-state index in [9.17, 15) is 18.0 Å². The molecular weight excluding hydrogens is 392 g/mol. The van der Waals surface area contributed by atoms with Crippen LogP contribution in [0.3, 0.4) is 0 Å². The van der Waals surface area contributed by atoms with Crippen molar-refractivity contribution in [3.8, 4) is 0 Å². The molecule has 9 heteroatoms. The first-order valence-corrected chi connectivity index (χ1v) is 11.2. The molecule has 1 fully saturated rings. The number of nitrogens with zero attached hydrogens (tertiary/aromatic N) is 4. The van der Waals surface area contributed by atoms with E-state index < -0.39 is 9.84 Å². The normalized spacial score (nSPS) is 20.0. The van der Waals surface area contributed by atoms with Crippen LogP contribution < -0.4 is 0 Å². The van der Waals surface area contributed by atoms with Crippen LogP contribution in [0, 0.1) is 0 Å². The lowest BCUT2D eigenvalue weighted by Gasteiger charge is -2.45. The molecule has 29 heavy (non-hydrogen) atoms. The van der Waals surface area contributed by atoms with E-state index in [0.717, 1.165) is 0 Å². The highest BCUT2D eigenvalue weighted by atomic mass is 32.2. The summed E-state index contributed by atoms with van der Waals surface area (Å²) in [7, 11) is -1.79. The minimum Gasteiger partial charge on any atom is -0.336 e. The minimum absolute atomic E-state index is 0.0794. The summed E-state index contributed by atoms with van der Waals surface area (Å²) in [6, 6.07) is 9.41. The highest BCUT2D eigenvalue weighted by molar-refractivity contribution is 7.91. The number of carbonyl (C=O) groups is 2. The zero-order valence-corrected chi connectivity index (χ0v) is 17.7. The highest BCUT2D eigenvalue weighted by Crippen LogP contribution is 2.21. The van der Waals surface area contributed by atoms with Gasteiger partial charge < -0.3 is 9.80 Å². The van der Waals surface area contributed by atoms with Gasteiger partial charge >= 0.3 is 0 Å². The van der Waals surface area contributed by atoms with E-state index >= 15 is 0 Å². The Bertz CT molecular complexity index is 987. The van der Waals surface area contributed by atoms with Crippen LogP contribution in [0.4, 0.5) is 0 Å². The summed E-state index contributed by atoms with van der Waals surface area (Å²) >= 11 is 0. The molecule has 0 aliphatic carbocycles. The summed E-state index contributed by atoms with van der Waals surface area (Å²) in [6.07, 6.45) is 1.50. The maximum absolute atomic E-state index is 12.8. The Balaban J connectivity index is 1.63. The molecule has 156 valence electrons. The van der Waals surface area contributed by atoms with Gasteiger partial charge in [0.15, 0.2) is 9.84 Å². The van der Waals surface area contributed by atoms with Crippen molar-refractivity contribution in [1.82, 2.24) is 19.6 Å². The Morgan fingerprint density at radius 3 is 2.28 bits per heavy atom. The van der Waals surface area contributed by atoms with Gasteiger partial charge in [-0.05, 0) is 32.0 Å². The Morgan fingerprint density at radius 2 is 1.66 bits per heavy atom. The molecule has 2 atom stereocenters. The molecule has 0 radical (unpaired) electrons. The number of hydrogen-bond acceptors (Lipinski definition) is 5. The molecule has 2 heterocycles. The minimum atomic E-state index is -3.51. The van der Waals surface area contributed by atoms with Gasteiger partial charge in [-0.25, -0.2) is 8.42 Å². The first-order chi connectivity index (χ1) is 13.7. The molecule has 0 saturated carbocycles. The number of sulfone groups is 1. The van der Waals surface area contributed by atoms with E-state index in [2.05, 4.69) is 5.10 Å². The van der Waals surface area contributed by atoms with Gasteiger partial charge in [0.2, 0.25) is 5.91 Å². The number of benzene rings is 1. The van der Waals surface area contributed by atoms with Gasteiger partial charge in [-0.15, -0.1) is 0 Å². The molecule has 0 bridgehead atoms. The van der Waals surface area contributed by atoms with E-state index in [-0.39, 0.29) is 41.0 Å². The molecule has 1 aliphatic rings. The third-order valence-electron chi connectivity index (χ3n) is 5.57. The third kappa shape index (κ3) is 4.34. The molecule has 1 aliphatic heterocycles.